The average Bonchev–Trinajstić information content (AvgIpc) is 2.27. The number of rotatable bonds is 3. The molecule has 1 aliphatic carbocycles. The van der Waals surface area contributed by atoms with Crippen LogP contribution < -0.4 is 0 Å². The van der Waals surface area contributed by atoms with Crippen LogP contribution in [0.4, 0.5) is 0 Å². The molecule has 2 rings (SSSR count). The zero-order valence-corrected chi connectivity index (χ0v) is 12.1. The fourth-order valence-corrected chi connectivity index (χ4v) is 4.12. The summed E-state index contributed by atoms with van der Waals surface area (Å²) in [6.45, 7) is 10.8. The Morgan fingerprint density at radius 2 is 2.00 bits per heavy atom. The minimum absolute atomic E-state index is 0.237. The molecule has 0 saturated carbocycles. The lowest BCUT2D eigenvalue weighted by Crippen LogP contribution is -2.41. The van der Waals surface area contributed by atoms with E-state index in [0.29, 0.717) is 0 Å². The van der Waals surface area contributed by atoms with Crippen LogP contribution in [-0.4, -0.2) is 8.32 Å². The fraction of sp³-hybridized carbons (Fsp3) is 0.467. The zero-order valence-electron chi connectivity index (χ0n) is 11.1. The topological polar surface area (TPSA) is 9.23 Å². The van der Waals surface area contributed by atoms with E-state index in [1.54, 1.807) is 0 Å². The largest absolute Gasteiger partial charge is 0.405 e. The van der Waals surface area contributed by atoms with E-state index in [4.69, 9.17) is 4.43 Å². The van der Waals surface area contributed by atoms with Crippen LogP contribution in [-0.2, 0) is 16.4 Å². The Hall–Kier alpha value is -0.863. The number of aryl methyl sites for hydroxylation is 1. The summed E-state index contributed by atoms with van der Waals surface area (Å²) in [7, 11) is -1.58. The van der Waals surface area contributed by atoms with Gasteiger partial charge in [0, 0.05) is 0 Å². The maximum Gasteiger partial charge on any atom is 0.185 e. The van der Waals surface area contributed by atoms with Gasteiger partial charge >= 0.3 is 0 Å². The maximum absolute atomic E-state index is 6.46. The van der Waals surface area contributed by atoms with Crippen LogP contribution in [0.3, 0.4) is 0 Å². The Balaban J connectivity index is 2.46. The Labute approximate surface area is 106 Å². The molecule has 0 N–H and O–H groups in total. The second-order valence-electron chi connectivity index (χ2n) is 5.82. The first-order valence-electron chi connectivity index (χ1n) is 6.39. The molecule has 1 unspecified atom stereocenters. The van der Waals surface area contributed by atoms with Gasteiger partial charge in [-0.2, -0.15) is 0 Å². The molecule has 0 fully saturated rings. The van der Waals surface area contributed by atoms with Crippen LogP contribution in [0, 0.1) is 0 Å². The quantitative estimate of drug-likeness (QED) is 0.572. The fourth-order valence-electron chi connectivity index (χ4n) is 2.73. The average molecular weight is 246 g/mol. The highest BCUT2D eigenvalue weighted by Crippen LogP contribution is 2.41. The number of benzene rings is 1. The first-order chi connectivity index (χ1) is 7.97. The molecule has 1 nitrogen and oxygen atoms in total. The van der Waals surface area contributed by atoms with Gasteiger partial charge in [-0.25, -0.2) is 0 Å². The third-order valence-electron chi connectivity index (χ3n) is 3.29. The summed E-state index contributed by atoms with van der Waals surface area (Å²) in [5, 5.41) is 0. The molecule has 2 heteroatoms. The molecule has 1 aliphatic rings. The standard InChI is InChI=1S/C15H22OSi/c1-5-15(16-17(2,3)4)12-8-10-13-9-6-7-11-14(13)15/h5-7,9,11H,1,8,10,12H2,2-4H3. The van der Waals surface area contributed by atoms with E-state index in [0.717, 1.165) is 6.42 Å². The van der Waals surface area contributed by atoms with Gasteiger partial charge in [-0.05, 0) is 50.0 Å². The zero-order chi connectivity index (χ0) is 12.5. The van der Waals surface area contributed by atoms with E-state index in [2.05, 4.69) is 50.5 Å². The van der Waals surface area contributed by atoms with E-state index in [9.17, 15) is 0 Å². The minimum atomic E-state index is -1.58. The Kier molecular flexibility index (Phi) is 3.28. The maximum atomic E-state index is 6.46. The van der Waals surface area contributed by atoms with Crippen molar-refractivity contribution in [2.75, 3.05) is 0 Å². The van der Waals surface area contributed by atoms with Crippen LogP contribution in [0.1, 0.15) is 24.0 Å². The predicted octanol–water partition coefficient (Wildman–Crippen LogP) is 4.26. The Morgan fingerprint density at radius 1 is 1.29 bits per heavy atom. The molecular formula is C15H22OSi. The Bertz CT molecular complexity index is 419. The molecule has 0 radical (unpaired) electrons. The van der Waals surface area contributed by atoms with Crippen molar-refractivity contribution in [1.29, 1.82) is 0 Å². The Morgan fingerprint density at radius 3 is 2.65 bits per heavy atom. The molecule has 0 heterocycles. The summed E-state index contributed by atoms with van der Waals surface area (Å²) < 4.78 is 6.46. The van der Waals surface area contributed by atoms with Crippen molar-refractivity contribution in [2.24, 2.45) is 0 Å². The van der Waals surface area contributed by atoms with Gasteiger partial charge in [0.15, 0.2) is 8.32 Å². The van der Waals surface area contributed by atoms with Crippen molar-refractivity contribution < 1.29 is 4.43 Å². The van der Waals surface area contributed by atoms with Gasteiger partial charge in [-0.15, -0.1) is 0 Å². The van der Waals surface area contributed by atoms with Crippen LogP contribution in [0.25, 0.3) is 0 Å². The molecule has 17 heavy (non-hydrogen) atoms. The summed E-state index contributed by atoms with van der Waals surface area (Å²) in [5.41, 5.74) is 2.53. The summed E-state index contributed by atoms with van der Waals surface area (Å²) in [4.78, 5) is 0. The van der Waals surface area contributed by atoms with Gasteiger partial charge in [0.05, 0.1) is 0 Å². The summed E-state index contributed by atoms with van der Waals surface area (Å²) >= 11 is 0. The summed E-state index contributed by atoms with van der Waals surface area (Å²) in [5.74, 6) is 0. The molecule has 1 aromatic carbocycles. The highest BCUT2D eigenvalue weighted by molar-refractivity contribution is 6.69. The molecule has 1 aromatic rings. The molecule has 0 saturated heterocycles. The molecule has 0 spiro atoms. The lowest BCUT2D eigenvalue weighted by Gasteiger charge is -2.41. The third-order valence-corrected chi connectivity index (χ3v) is 4.26. The highest BCUT2D eigenvalue weighted by atomic mass is 28.4. The van der Waals surface area contributed by atoms with Crippen molar-refractivity contribution in [2.45, 2.75) is 44.5 Å². The monoisotopic (exact) mass is 246 g/mol. The van der Waals surface area contributed by atoms with Crippen molar-refractivity contribution in [3.05, 3.63) is 48.0 Å². The molecule has 0 bridgehead atoms. The van der Waals surface area contributed by atoms with E-state index in [1.165, 1.54) is 24.0 Å². The van der Waals surface area contributed by atoms with Gasteiger partial charge in [0.1, 0.15) is 5.60 Å². The van der Waals surface area contributed by atoms with Crippen LogP contribution >= 0.6 is 0 Å². The predicted molar refractivity (Wildman–Crippen MR) is 75.7 cm³/mol. The lowest BCUT2D eigenvalue weighted by molar-refractivity contribution is 0.0907. The van der Waals surface area contributed by atoms with E-state index in [1.807, 2.05) is 6.08 Å². The van der Waals surface area contributed by atoms with Gasteiger partial charge in [-0.3, -0.25) is 0 Å². The molecule has 92 valence electrons. The molecular weight excluding hydrogens is 224 g/mol. The highest BCUT2D eigenvalue weighted by Gasteiger charge is 2.38. The van der Waals surface area contributed by atoms with Crippen LogP contribution in [0.15, 0.2) is 36.9 Å². The normalized spacial score (nSPS) is 24.2. The molecule has 0 amide bonds. The van der Waals surface area contributed by atoms with E-state index in [-0.39, 0.29) is 5.60 Å². The molecule has 0 aromatic heterocycles. The van der Waals surface area contributed by atoms with Crippen molar-refractivity contribution in [3.8, 4) is 0 Å². The van der Waals surface area contributed by atoms with Gasteiger partial charge in [0.25, 0.3) is 0 Å². The second-order valence-corrected chi connectivity index (χ2v) is 10.2. The van der Waals surface area contributed by atoms with Gasteiger partial charge in [0.2, 0.25) is 0 Å². The number of hydrogen-bond donors (Lipinski definition) is 0. The third kappa shape index (κ3) is 2.53. The minimum Gasteiger partial charge on any atom is -0.405 e. The van der Waals surface area contributed by atoms with Crippen LogP contribution in [0.2, 0.25) is 19.6 Å². The smallest absolute Gasteiger partial charge is 0.185 e. The van der Waals surface area contributed by atoms with Crippen molar-refractivity contribution in [3.63, 3.8) is 0 Å². The van der Waals surface area contributed by atoms with Gasteiger partial charge < -0.3 is 4.43 Å². The summed E-state index contributed by atoms with van der Waals surface area (Å²) in [6, 6.07) is 8.65. The van der Waals surface area contributed by atoms with Gasteiger partial charge in [-0.1, -0.05) is 36.9 Å². The number of hydrogen-bond acceptors (Lipinski definition) is 1. The summed E-state index contributed by atoms with van der Waals surface area (Å²) in [6.07, 6.45) is 5.44. The number of fused-ring (bicyclic) bond motifs is 1. The lowest BCUT2D eigenvalue weighted by atomic mass is 9.79. The van der Waals surface area contributed by atoms with Crippen molar-refractivity contribution >= 4 is 8.32 Å². The van der Waals surface area contributed by atoms with Crippen molar-refractivity contribution in [1.82, 2.24) is 0 Å². The first-order valence-corrected chi connectivity index (χ1v) is 9.80. The first kappa shape index (κ1) is 12.6. The molecule has 0 aliphatic heterocycles. The molecule has 1 atom stereocenters. The SMILES string of the molecule is C=CC1(O[Si](C)(C)C)CCCc2ccccc21. The van der Waals surface area contributed by atoms with E-state index < -0.39 is 8.32 Å². The van der Waals surface area contributed by atoms with E-state index >= 15 is 0 Å². The van der Waals surface area contributed by atoms with Crippen LogP contribution in [0.5, 0.6) is 0 Å². The second kappa shape index (κ2) is 4.43.